The monoisotopic (exact) mass is 210 g/mol. The van der Waals surface area contributed by atoms with Gasteiger partial charge in [-0.2, -0.15) is 0 Å². The van der Waals surface area contributed by atoms with Gasteiger partial charge in [-0.3, -0.25) is 0 Å². The summed E-state index contributed by atoms with van der Waals surface area (Å²) in [6, 6.07) is 0. The number of hydrogen-bond acceptors (Lipinski definition) is 3. The molecule has 0 aromatic carbocycles. The van der Waals surface area contributed by atoms with Gasteiger partial charge in [0.2, 0.25) is 0 Å². The van der Waals surface area contributed by atoms with E-state index in [0.29, 0.717) is 16.8 Å². The molecule has 0 spiro atoms. The standard InChI is InChI=1S/C10H12NO2S/c1-3-5-12-10-8-7-14(2)6-4-9(8)13-11-10/h1H,4-7H2,2H3/q+1. The Bertz CT molecular complexity index is 367. The minimum absolute atomic E-state index is 0.260. The Hall–Kier alpha value is -1.08. The lowest BCUT2D eigenvalue weighted by atomic mass is 10.2. The second kappa shape index (κ2) is 3.97. The number of ether oxygens (including phenoxy) is 1. The molecule has 0 bridgehead atoms. The molecule has 0 radical (unpaired) electrons. The molecular formula is C10H12NO2S+. The lowest BCUT2D eigenvalue weighted by Crippen LogP contribution is -2.17. The number of aromatic nitrogens is 1. The Kier molecular flexibility index (Phi) is 2.69. The van der Waals surface area contributed by atoms with Gasteiger partial charge in [-0.1, -0.05) is 5.92 Å². The van der Waals surface area contributed by atoms with Gasteiger partial charge in [-0.05, 0) is 16.1 Å². The van der Waals surface area contributed by atoms with Crippen LogP contribution in [0.5, 0.6) is 5.88 Å². The second-order valence-corrected chi connectivity index (χ2v) is 5.52. The lowest BCUT2D eigenvalue weighted by Gasteiger charge is -2.09. The Balaban J connectivity index is 2.18. The van der Waals surface area contributed by atoms with Gasteiger partial charge in [0.1, 0.15) is 17.1 Å². The van der Waals surface area contributed by atoms with Gasteiger partial charge < -0.3 is 9.26 Å². The van der Waals surface area contributed by atoms with E-state index in [-0.39, 0.29) is 6.61 Å². The van der Waals surface area contributed by atoms with Crippen LogP contribution in [-0.4, -0.2) is 23.8 Å². The predicted octanol–water partition coefficient (Wildman–Crippen LogP) is 0.991. The average Bonchev–Trinajstić information content (AvgIpc) is 2.57. The van der Waals surface area contributed by atoms with Crippen molar-refractivity contribution in [2.24, 2.45) is 0 Å². The Morgan fingerprint density at radius 2 is 2.57 bits per heavy atom. The summed E-state index contributed by atoms with van der Waals surface area (Å²) in [5.41, 5.74) is 1.12. The van der Waals surface area contributed by atoms with Gasteiger partial charge in [-0.15, -0.1) is 6.42 Å². The number of fused-ring (bicyclic) bond motifs is 1. The molecule has 0 saturated carbocycles. The van der Waals surface area contributed by atoms with Crippen molar-refractivity contribution in [2.75, 3.05) is 18.6 Å². The molecule has 1 aromatic rings. The lowest BCUT2D eigenvalue weighted by molar-refractivity contribution is 0.307. The van der Waals surface area contributed by atoms with Crippen molar-refractivity contribution in [1.82, 2.24) is 5.16 Å². The fraction of sp³-hybridized carbons (Fsp3) is 0.500. The summed E-state index contributed by atoms with van der Waals surface area (Å²) < 4.78 is 10.5. The van der Waals surface area contributed by atoms with E-state index in [1.54, 1.807) is 0 Å². The third-order valence-corrected chi connectivity index (χ3v) is 3.88. The van der Waals surface area contributed by atoms with Gasteiger partial charge in [0, 0.05) is 0 Å². The van der Waals surface area contributed by atoms with E-state index in [2.05, 4.69) is 17.3 Å². The maximum atomic E-state index is 5.31. The normalized spacial score (nSPS) is 19.9. The molecule has 4 heteroatoms. The molecule has 1 aromatic heterocycles. The zero-order valence-electron chi connectivity index (χ0n) is 8.08. The third kappa shape index (κ3) is 1.73. The fourth-order valence-corrected chi connectivity index (χ4v) is 2.93. The van der Waals surface area contributed by atoms with E-state index in [4.69, 9.17) is 15.7 Å². The highest BCUT2D eigenvalue weighted by Crippen LogP contribution is 2.28. The Labute approximate surface area is 86.1 Å². The van der Waals surface area contributed by atoms with Crippen molar-refractivity contribution < 1.29 is 9.26 Å². The number of nitrogens with zero attached hydrogens (tertiary/aromatic N) is 1. The molecule has 0 saturated heterocycles. The minimum Gasteiger partial charge on any atom is -0.462 e. The first kappa shape index (κ1) is 9.47. The SMILES string of the molecule is C#CCOc1noc2c1C[S+](C)CC2. The van der Waals surface area contributed by atoms with Crippen LogP contribution in [0.3, 0.4) is 0 Å². The number of aryl methyl sites for hydroxylation is 1. The van der Waals surface area contributed by atoms with Crippen LogP contribution in [0.25, 0.3) is 0 Å². The van der Waals surface area contributed by atoms with E-state index < -0.39 is 0 Å². The van der Waals surface area contributed by atoms with Crippen LogP contribution < -0.4 is 4.74 Å². The van der Waals surface area contributed by atoms with E-state index in [1.165, 1.54) is 5.75 Å². The minimum atomic E-state index is 0.260. The van der Waals surface area contributed by atoms with Crippen molar-refractivity contribution in [3.8, 4) is 18.2 Å². The summed E-state index contributed by atoms with van der Waals surface area (Å²) in [6.07, 6.45) is 8.34. The molecule has 3 nitrogen and oxygen atoms in total. The van der Waals surface area contributed by atoms with Gasteiger partial charge in [-0.25, -0.2) is 0 Å². The van der Waals surface area contributed by atoms with Crippen molar-refractivity contribution in [3.05, 3.63) is 11.3 Å². The molecule has 0 aliphatic carbocycles. The first-order valence-corrected chi connectivity index (χ1v) is 6.41. The summed E-state index contributed by atoms with van der Waals surface area (Å²) in [5, 5.41) is 3.88. The maximum Gasteiger partial charge on any atom is 0.263 e. The Morgan fingerprint density at radius 3 is 3.36 bits per heavy atom. The molecular weight excluding hydrogens is 198 g/mol. The topological polar surface area (TPSA) is 35.3 Å². The smallest absolute Gasteiger partial charge is 0.263 e. The molecule has 2 rings (SSSR count). The first-order chi connectivity index (χ1) is 6.81. The number of hydrogen-bond donors (Lipinski definition) is 0. The molecule has 0 fully saturated rings. The number of terminal acetylenes is 1. The van der Waals surface area contributed by atoms with Gasteiger partial charge in [0.05, 0.1) is 12.7 Å². The van der Waals surface area contributed by atoms with Crippen LogP contribution in [0.1, 0.15) is 11.3 Å². The zero-order chi connectivity index (χ0) is 9.97. The fourth-order valence-electron chi connectivity index (χ4n) is 1.47. The molecule has 74 valence electrons. The van der Waals surface area contributed by atoms with E-state index in [0.717, 1.165) is 23.5 Å². The van der Waals surface area contributed by atoms with Crippen LogP contribution in [0.15, 0.2) is 4.52 Å². The molecule has 1 unspecified atom stereocenters. The summed E-state index contributed by atoms with van der Waals surface area (Å²) in [6.45, 7) is 0.260. The summed E-state index contributed by atoms with van der Waals surface area (Å²) >= 11 is 0. The van der Waals surface area contributed by atoms with Gasteiger partial charge in [0.25, 0.3) is 5.88 Å². The van der Waals surface area contributed by atoms with Crippen LogP contribution in [0.2, 0.25) is 0 Å². The second-order valence-electron chi connectivity index (χ2n) is 3.26. The van der Waals surface area contributed by atoms with Crippen molar-refractivity contribution in [2.45, 2.75) is 12.2 Å². The van der Waals surface area contributed by atoms with Crippen molar-refractivity contribution >= 4 is 10.9 Å². The highest BCUT2D eigenvalue weighted by atomic mass is 32.2. The van der Waals surface area contributed by atoms with E-state index in [9.17, 15) is 0 Å². The molecule has 0 amide bonds. The predicted molar refractivity (Wildman–Crippen MR) is 56.4 cm³/mol. The van der Waals surface area contributed by atoms with E-state index in [1.807, 2.05) is 0 Å². The quantitative estimate of drug-likeness (QED) is 0.539. The van der Waals surface area contributed by atoms with E-state index >= 15 is 0 Å². The maximum absolute atomic E-state index is 5.31. The average molecular weight is 210 g/mol. The van der Waals surface area contributed by atoms with Crippen LogP contribution in [-0.2, 0) is 23.1 Å². The molecule has 1 aliphatic rings. The molecule has 14 heavy (non-hydrogen) atoms. The van der Waals surface area contributed by atoms with Gasteiger partial charge >= 0.3 is 0 Å². The molecule has 0 N–H and O–H groups in total. The van der Waals surface area contributed by atoms with Crippen LogP contribution in [0.4, 0.5) is 0 Å². The van der Waals surface area contributed by atoms with Crippen molar-refractivity contribution in [1.29, 1.82) is 0 Å². The molecule has 1 aliphatic heterocycles. The van der Waals surface area contributed by atoms with Crippen LogP contribution >= 0.6 is 0 Å². The third-order valence-electron chi connectivity index (χ3n) is 2.19. The summed E-state index contributed by atoms with van der Waals surface area (Å²) in [7, 11) is 0.423. The zero-order valence-corrected chi connectivity index (χ0v) is 8.89. The summed E-state index contributed by atoms with van der Waals surface area (Å²) in [5.74, 6) is 6.20. The van der Waals surface area contributed by atoms with Crippen LogP contribution in [0, 0.1) is 12.3 Å². The molecule has 2 heterocycles. The molecule has 1 atom stereocenters. The highest BCUT2D eigenvalue weighted by Gasteiger charge is 2.29. The van der Waals surface area contributed by atoms with Crippen molar-refractivity contribution in [3.63, 3.8) is 0 Å². The Morgan fingerprint density at radius 1 is 1.71 bits per heavy atom. The largest absolute Gasteiger partial charge is 0.462 e. The highest BCUT2D eigenvalue weighted by molar-refractivity contribution is 7.95. The summed E-state index contributed by atoms with van der Waals surface area (Å²) in [4.78, 5) is 0. The first-order valence-electron chi connectivity index (χ1n) is 4.44. The van der Waals surface area contributed by atoms with Gasteiger partial charge in [0.15, 0.2) is 12.4 Å². The number of rotatable bonds is 2.